The lowest BCUT2D eigenvalue weighted by Crippen LogP contribution is -2.25. The van der Waals surface area contributed by atoms with E-state index in [-0.39, 0.29) is 11.9 Å². The second kappa shape index (κ2) is 8.24. The van der Waals surface area contributed by atoms with Gasteiger partial charge in [0.1, 0.15) is 16.2 Å². The molecule has 0 bridgehead atoms. The van der Waals surface area contributed by atoms with Crippen molar-refractivity contribution in [3.63, 3.8) is 0 Å². The molecular formula is C19H17BrFN5OS. The van der Waals surface area contributed by atoms with E-state index in [0.717, 1.165) is 22.3 Å². The molecule has 1 aliphatic carbocycles. The molecule has 1 aliphatic rings. The Bertz CT molecular complexity index is 1010. The highest BCUT2D eigenvalue weighted by molar-refractivity contribution is 9.10. The van der Waals surface area contributed by atoms with Gasteiger partial charge in [0.15, 0.2) is 5.13 Å². The molecule has 1 saturated carbocycles. The molecule has 0 aliphatic heterocycles. The minimum atomic E-state index is -0.399. The normalized spacial score (nSPS) is 13.2. The number of thiazole rings is 1. The molecule has 0 radical (unpaired) electrons. The quantitative estimate of drug-likeness (QED) is 0.444. The molecule has 0 unspecified atom stereocenters. The average Bonchev–Trinajstić information content (AvgIpc) is 3.38. The van der Waals surface area contributed by atoms with Crippen LogP contribution in [0.1, 0.15) is 28.1 Å². The van der Waals surface area contributed by atoms with Crippen LogP contribution in [0.2, 0.25) is 0 Å². The van der Waals surface area contributed by atoms with Crippen LogP contribution in [-0.4, -0.2) is 21.9 Å². The molecule has 3 N–H and O–H groups in total. The number of benzene rings is 1. The fourth-order valence-electron chi connectivity index (χ4n) is 2.52. The van der Waals surface area contributed by atoms with Gasteiger partial charge in [0.25, 0.3) is 5.91 Å². The maximum atomic E-state index is 14.1. The number of amides is 1. The second-order valence-corrected chi connectivity index (χ2v) is 8.33. The Kier molecular flexibility index (Phi) is 5.54. The molecule has 1 amide bonds. The van der Waals surface area contributed by atoms with Crippen molar-refractivity contribution in [2.45, 2.75) is 25.4 Å². The van der Waals surface area contributed by atoms with E-state index < -0.39 is 5.82 Å². The standard InChI is InChI=1S/C19H17BrFN5OS/c20-16-2-1-3-17(25-16)26-19-23-10-13(28-19)9-22-15-8-11(4-7-14(15)21)18(27)24-12-5-6-12/h1-4,7-8,10,12,22H,5-6,9H2,(H,24,27)(H,23,25,26). The Balaban J connectivity index is 1.39. The van der Waals surface area contributed by atoms with Crippen LogP contribution in [0.4, 0.5) is 21.0 Å². The van der Waals surface area contributed by atoms with Crippen LogP contribution < -0.4 is 16.0 Å². The van der Waals surface area contributed by atoms with Gasteiger partial charge in [0.2, 0.25) is 0 Å². The van der Waals surface area contributed by atoms with Crippen LogP contribution in [0, 0.1) is 5.82 Å². The lowest BCUT2D eigenvalue weighted by atomic mass is 10.1. The van der Waals surface area contributed by atoms with E-state index >= 15 is 0 Å². The number of carbonyl (C=O) groups excluding carboxylic acids is 1. The summed E-state index contributed by atoms with van der Waals surface area (Å²) in [4.78, 5) is 21.7. The predicted molar refractivity (Wildman–Crippen MR) is 112 cm³/mol. The van der Waals surface area contributed by atoms with Gasteiger partial charge >= 0.3 is 0 Å². The largest absolute Gasteiger partial charge is 0.378 e. The molecule has 0 spiro atoms. The summed E-state index contributed by atoms with van der Waals surface area (Å²) in [6.45, 7) is 0.399. The molecule has 2 aromatic heterocycles. The Hall–Kier alpha value is -2.52. The molecule has 144 valence electrons. The molecule has 1 fully saturated rings. The molecule has 1 aromatic carbocycles. The number of pyridine rings is 1. The van der Waals surface area contributed by atoms with Gasteiger partial charge in [-0.15, -0.1) is 0 Å². The maximum Gasteiger partial charge on any atom is 0.251 e. The molecule has 4 rings (SSSR count). The van der Waals surface area contributed by atoms with Crippen LogP contribution >= 0.6 is 27.3 Å². The highest BCUT2D eigenvalue weighted by atomic mass is 79.9. The zero-order valence-electron chi connectivity index (χ0n) is 14.7. The summed E-state index contributed by atoms with van der Waals surface area (Å²) in [6, 6.07) is 10.2. The van der Waals surface area contributed by atoms with Crippen molar-refractivity contribution in [1.29, 1.82) is 0 Å². The van der Waals surface area contributed by atoms with E-state index in [1.165, 1.54) is 23.5 Å². The molecule has 9 heteroatoms. The van der Waals surface area contributed by atoms with E-state index in [1.54, 1.807) is 12.3 Å². The van der Waals surface area contributed by atoms with Gasteiger partial charge in [-0.1, -0.05) is 17.4 Å². The minimum absolute atomic E-state index is 0.170. The van der Waals surface area contributed by atoms with E-state index in [2.05, 4.69) is 41.8 Å². The fourth-order valence-corrected chi connectivity index (χ4v) is 3.62. The van der Waals surface area contributed by atoms with E-state index in [1.807, 2.05) is 18.2 Å². The third kappa shape index (κ3) is 4.85. The van der Waals surface area contributed by atoms with Crippen molar-refractivity contribution in [1.82, 2.24) is 15.3 Å². The fraction of sp³-hybridized carbons (Fsp3) is 0.211. The first-order chi connectivity index (χ1) is 13.6. The average molecular weight is 462 g/mol. The molecule has 3 aromatic rings. The van der Waals surface area contributed by atoms with Gasteiger partial charge in [0, 0.05) is 22.7 Å². The number of rotatable bonds is 7. The summed E-state index contributed by atoms with van der Waals surface area (Å²) in [5.74, 6) is 0.115. The molecular weight excluding hydrogens is 445 g/mol. The predicted octanol–water partition coefficient (Wildman–Crippen LogP) is 4.69. The summed E-state index contributed by atoms with van der Waals surface area (Å²) in [7, 11) is 0. The number of hydrogen-bond donors (Lipinski definition) is 3. The van der Waals surface area contributed by atoms with Crippen LogP contribution in [0.15, 0.2) is 47.2 Å². The first-order valence-electron chi connectivity index (χ1n) is 8.75. The van der Waals surface area contributed by atoms with Gasteiger partial charge in [-0.05, 0) is 59.1 Å². The van der Waals surface area contributed by atoms with Gasteiger partial charge < -0.3 is 16.0 Å². The van der Waals surface area contributed by atoms with Crippen LogP contribution in [0.25, 0.3) is 0 Å². The first kappa shape index (κ1) is 18.8. The topological polar surface area (TPSA) is 78.9 Å². The van der Waals surface area contributed by atoms with Crippen LogP contribution in [-0.2, 0) is 6.54 Å². The van der Waals surface area contributed by atoms with Gasteiger partial charge in [-0.3, -0.25) is 4.79 Å². The summed E-state index contributed by atoms with van der Waals surface area (Å²) in [5, 5.41) is 9.78. The summed E-state index contributed by atoms with van der Waals surface area (Å²) >= 11 is 4.77. The third-order valence-corrected chi connectivity index (χ3v) is 5.45. The highest BCUT2D eigenvalue weighted by Crippen LogP contribution is 2.25. The molecule has 28 heavy (non-hydrogen) atoms. The van der Waals surface area contributed by atoms with Gasteiger partial charge in [0.05, 0.1) is 12.2 Å². The SMILES string of the molecule is O=C(NC1CC1)c1ccc(F)c(NCc2cnc(Nc3cccc(Br)n3)s2)c1. The lowest BCUT2D eigenvalue weighted by molar-refractivity contribution is 0.0951. The lowest BCUT2D eigenvalue weighted by Gasteiger charge is -2.09. The second-order valence-electron chi connectivity index (χ2n) is 6.40. The molecule has 6 nitrogen and oxygen atoms in total. The number of aromatic nitrogens is 2. The first-order valence-corrected chi connectivity index (χ1v) is 10.4. The Labute approximate surface area is 173 Å². The van der Waals surface area contributed by atoms with Gasteiger partial charge in [-0.25, -0.2) is 14.4 Å². The zero-order valence-corrected chi connectivity index (χ0v) is 17.1. The smallest absolute Gasteiger partial charge is 0.251 e. The van der Waals surface area contributed by atoms with Crippen molar-refractivity contribution >= 4 is 49.8 Å². The minimum Gasteiger partial charge on any atom is -0.378 e. The number of hydrogen-bond acceptors (Lipinski definition) is 6. The van der Waals surface area contributed by atoms with E-state index in [0.29, 0.717) is 28.7 Å². The summed E-state index contributed by atoms with van der Waals surface area (Å²) < 4.78 is 14.8. The summed E-state index contributed by atoms with van der Waals surface area (Å²) in [6.07, 6.45) is 3.74. The number of nitrogens with one attached hydrogen (secondary N) is 3. The number of anilines is 3. The Morgan fingerprint density at radius 3 is 2.93 bits per heavy atom. The van der Waals surface area contributed by atoms with E-state index in [4.69, 9.17) is 0 Å². The molecule has 2 heterocycles. The number of carbonyl (C=O) groups is 1. The third-order valence-electron chi connectivity index (χ3n) is 4.10. The maximum absolute atomic E-state index is 14.1. The van der Waals surface area contributed by atoms with Crippen LogP contribution in [0.3, 0.4) is 0 Å². The van der Waals surface area contributed by atoms with E-state index in [9.17, 15) is 9.18 Å². The van der Waals surface area contributed by atoms with Crippen molar-refractivity contribution < 1.29 is 9.18 Å². The Morgan fingerprint density at radius 2 is 2.14 bits per heavy atom. The van der Waals surface area contributed by atoms with Crippen molar-refractivity contribution in [3.8, 4) is 0 Å². The summed E-state index contributed by atoms with van der Waals surface area (Å²) in [5.41, 5.74) is 0.739. The molecule has 0 atom stereocenters. The van der Waals surface area contributed by atoms with Crippen molar-refractivity contribution in [2.24, 2.45) is 0 Å². The zero-order chi connectivity index (χ0) is 19.5. The number of nitrogens with zero attached hydrogens (tertiary/aromatic N) is 2. The van der Waals surface area contributed by atoms with Crippen molar-refractivity contribution in [2.75, 3.05) is 10.6 Å². The van der Waals surface area contributed by atoms with Gasteiger partial charge in [-0.2, -0.15) is 0 Å². The highest BCUT2D eigenvalue weighted by Gasteiger charge is 2.24. The van der Waals surface area contributed by atoms with Crippen LogP contribution in [0.5, 0.6) is 0 Å². The monoisotopic (exact) mass is 461 g/mol. The Morgan fingerprint density at radius 1 is 1.29 bits per heavy atom. The number of halogens is 2. The molecule has 0 saturated heterocycles. The van der Waals surface area contributed by atoms with Crippen molar-refractivity contribution in [3.05, 3.63) is 63.5 Å².